The van der Waals surface area contributed by atoms with Crippen molar-refractivity contribution in [3.05, 3.63) is 0 Å². The van der Waals surface area contributed by atoms with Crippen molar-refractivity contribution in [2.45, 2.75) is 92.9 Å². The molecule has 7 nitrogen and oxygen atoms in total. The molecule has 3 aliphatic rings. The molecule has 0 bridgehead atoms. The summed E-state index contributed by atoms with van der Waals surface area (Å²) < 4.78 is 68.0. The largest absolute Gasteiger partial charge is 0.270 e. The van der Waals surface area contributed by atoms with Crippen LogP contribution in [0.1, 0.15) is 92.9 Å². The van der Waals surface area contributed by atoms with E-state index < -0.39 is 29.8 Å². The standard InChI is InChI=1S/C5H10O3S.C5H10O2S.C4H8O2S.3C2H6/c6-9(7)5-3-1-2-4-8-9;6-8(7)4-2-1-3-5-8;5-7(6)3-1-2-4-7;3*1-2/h1-5H2;1-5H2;1-4H2;3*1-2H3. The third-order valence-electron chi connectivity index (χ3n) is 3.87. The van der Waals surface area contributed by atoms with Crippen molar-refractivity contribution in [2.24, 2.45) is 0 Å². The first-order valence-electron chi connectivity index (χ1n) is 11.4. The van der Waals surface area contributed by atoms with Crippen LogP contribution in [0.5, 0.6) is 0 Å². The number of rotatable bonds is 0. The van der Waals surface area contributed by atoms with E-state index in [1.807, 2.05) is 41.5 Å². The Morgan fingerprint density at radius 1 is 0.433 bits per heavy atom. The average Bonchev–Trinajstić information content (AvgIpc) is 3.02. The van der Waals surface area contributed by atoms with Gasteiger partial charge in [0.1, 0.15) is 19.7 Å². The Balaban J connectivity index is -0.000000325. The molecule has 0 aromatic carbocycles. The number of sulfone groups is 2. The molecule has 3 fully saturated rings. The van der Waals surface area contributed by atoms with E-state index in [0.717, 1.165) is 51.4 Å². The fourth-order valence-corrected chi connectivity index (χ4v) is 6.50. The summed E-state index contributed by atoms with van der Waals surface area (Å²) in [5.74, 6) is 1.90. The lowest BCUT2D eigenvalue weighted by Gasteiger charge is -2.08. The van der Waals surface area contributed by atoms with Crippen molar-refractivity contribution < 1.29 is 29.4 Å². The predicted molar refractivity (Wildman–Crippen MR) is 128 cm³/mol. The van der Waals surface area contributed by atoms with Gasteiger partial charge in [-0.05, 0) is 38.5 Å². The van der Waals surface area contributed by atoms with Crippen LogP contribution in [0.4, 0.5) is 0 Å². The Morgan fingerprint density at radius 2 is 0.733 bits per heavy atom. The minimum atomic E-state index is -3.12. The van der Waals surface area contributed by atoms with E-state index in [9.17, 15) is 25.3 Å². The van der Waals surface area contributed by atoms with Crippen LogP contribution >= 0.6 is 0 Å². The number of hydrogen-bond acceptors (Lipinski definition) is 7. The molecule has 0 aromatic heterocycles. The van der Waals surface area contributed by atoms with E-state index in [1.165, 1.54) is 0 Å². The molecule has 3 rings (SSSR count). The van der Waals surface area contributed by atoms with Crippen molar-refractivity contribution in [1.29, 1.82) is 0 Å². The monoisotopic (exact) mass is 494 g/mol. The molecule has 3 saturated heterocycles. The van der Waals surface area contributed by atoms with Crippen molar-refractivity contribution in [2.75, 3.05) is 35.4 Å². The van der Waals surface area contributed by atoms with E-state index >= 15 is 0 Å². The van der Waals surface area contributed by atoms with E-state index in [2.05, 4.69) is 4.18 Å². The average molecular weight is 495 g/mol. The Hall–Kier alpha value is -0.190. The van der Waals surface area contributed by atoms with Crippen LogP contribution < -0.4 is 0 Å². The zero-order valence-electron chi connectivity index (χ0n) is 20.0. The minimum Gasteiger partial charge on any atom is -0.270 e. The zero-order valence-corrected chi connectivity index (χ0v) is 22.4. The first-order valence-corrected chi connectivity index (χ1v) is 16.6. The van der Waals surface area contributed by atoms with E-state index in [4.69, 9.17) is 0 Å². The molecule has 10 heteroatoms. The van der Waals surface area contributed by atoms with Crippen molar-refractivity contribution >= 4 is 29.8 Å². The molecule has 186 valence electrons. The quantitative estimate of drug-likeness (QED) is 0.459. The van der Waals surface area contributed by atoms with Gasteiger partial charge in [0.05, 0.1) is 35.4 Å². The van der Waals surface area contributed by atoms with Gasteiger partial charge in [0.25, 0.3) is 10.1 Å². The summed E-state index contributed by atoms with van der Waals surface area (Å²) in [7, 11) is -8.25. The highest BCUT2D eigenvalue weighted by molar-refractivity contribution is 7.91. The summed E-state index contributed by atoms with van der Waals surface area (Å²) in [5.41, 5.74) is 0. The summed E-state index contributed by atoms with van der Waals surface area (Å²) in [5, 5.41) is 0. The van der Waals surface area contributed by atoms with Gasteiger partial charge in [-0.25, -0.2) is 16.8 Å². The van der Waals surface area contributed by atoms with Crippen LogP contribution in [-0.4, -0.2) is 60.6 Å². The Kier molecular flexibility index (Phi) is 23.8. The van der Waals surface area contributed by atoms with Gasteiger partial charge in [0, 0.05) is 0 Å². The van der Waals surface area contributed by atoms with Crippen LogP contribution in [0.3, 0.4) is 0 Å². The van der Waals surface area contributed by atoms with E-state index in [1.54, 1.807) is 0 Å². The molecular weight excluding hydrogens is 448 g/mol. The van der Waals surface area contributed by atoms with Gasteiger partial charge in [-0.3, -0.25) is 4.18 Å². The molecule has 0 aliphatic carbocycles. The first kappa shape index (κ1) is 34.4. The lowest BCUT2D eigenvalue weighted by atomic mass is 10.3. The highest BCUT2D eigenvalue weighted by Gasteiger charge is 2.16. The van der Waals surface area contributed by atoms with E-state index in [0.29, 0.717) is 29.6 Å². The van der Waals surface area contributed by atoms with Gasteiger partial charge in [-0.1, -0.05) is 54.4 Å². The molecule has 30 heavy (non-hydrogen) atoms. The highest BCUT2D eigenvalue weighted by atomic mass is 32.2. The second kappa shape index (κ2) is 20.7. The smallest absolute Gasteiger partial charge is 0.267 e. The molecule has 0 saturated carbocycles. The molecule has 0 unspecified atom stereocenters. The Labute approximate surface area is 187 Å². The van der Waals surface area contributed by atoms with Gasteiger partial charge < -0.3 is 0 Å². The van der Waals surface area contributed by atoms with Crippen molar-refractivity contribution in [3.8, 4) is 0 Å². The van der Waals surface area contributed by atoms with Crippen molar-refractivity contribution in [3.63, 3.8) is 0 Å². The Bertz CT molecular complexity index is 629. The molecule has 3 heterocycles. The fraction of sp³-hybridized carbons (Fsp3) is 1.00. The molecule has 0 atom stereocenters. The first-order chi connectivity index (χ1) is 14.1. The van der Waals surface area contributed by atoms with Gasteiger partial charge in [0.2, 0.25) is 0 Å². The third-order valence-corrected chi connectivity index (χ3v) is 8.83. The molecular formula is C20H46O7S3. The maximum absolute atomic E-state index is 10.7. The molecule has 3 aliphatic heterocycles. The molecule has 0 radical (unpaired) electrons. The van der Waals surface area contributed by atoms with Crippen molar-refractivity contribution in [1.82, 2.24) is 0 Å². The van der Waals surface area contributed by atoms with Gasteiger partial charge >= 0.3 is 0 Å². The van der Waals surface area contributed by atoms with Crippen LogP contribution in [0, 0.1) is 0 Å². The summed E-state index contributed by atoms with van der Waals surface area (Å²) in [4.78, 5) is 0. The van der Waals surface area contributed by atoms with Crippen LogP contribution in [0.2, 0.25) is 0 Å². The second-order valence-electron chi connectivity index (χ2n) is 6.22. The maximum Gasteiger partial charge on any atom is 0.267 e. The minimum absolute atomic E-state index is 0.201. The van der Waals surface area contributed by atoms with Crippen LogP contribution in [-0.2, 0) is 34.0 Å². The molecule has 0 N–H and O–H groups in total. The molecule has 0 spiro atoms. The fourth-order valence-electron chi connectivity index (χ4n) is 2.47. The van der Waals surface area contributed by atoms with Crippen LogP contribution in [0.25, 0.3) is 0 Å². The maximum atomic E-state index is 10.7. The Morgan fingerprint density at radius 3 is 1.07 bits per heavy atom. The highest BCUT2D eigenvalue weighted by Crippen LogP contribution is 2.10. The summed E-state index contributed by atoms with van der Waals surface area (Å²) in [6, 6.07) is 0. The van der Waals surface area contributed by atoms with Gasteiger partial charge in [-0.2, -0.15) is 8.42 Å². The normalized spacial score (nSPS) is 22.6. The third kappa shape index (κ3) is 22.5. The lowest BCUT2D eigenvalue weighted by Crippen LogP contribution is -2.15. The number of hydrogen-bond donors (Lipinski definition) is 0. The van der Waals surface area contributed by atoms with Gasteiger partial charge in [-0.15, -0.1) is 0 Å². The lowest BCUT2D eigenvalue weighted by molar-refractivity contribution is 0.320. The van der Waals surface area contributed by atoms with Gasteiger partial charge in [0.15, 0.2) is 0 Å². The topological polar surface area (TPSA) is 112 Å². The predicted octanol–water partition coefficient (Wildman–Crippen LogP) is 4.38. The summed E-state index contributed by atoms with van der Waals surface area (Å²) in [6.07, 6.45) is 7.20. The molecule has 0 aromatic rings. The second-order valence-corrected chi connectivity index (χ2v) is 12.6. The van der Waals surface area contributed by atoms with E-state index in [-0.39, 0.29) is 5.75 Å². The summed E-state index contributed by atoms with van der Waals surface area (Å²) in [6.45, 7) is 12.4. The summed E-state index contributed by atoms with van der Waals surface area (Å²) >= 11 is 0. The SMILES string of the molecule is CC.CC.CC.O=S1(=O)CCCC1.O=S1(=O)CCCCC1.O=S1(=O)CCCCCO1. The molecule has 0 amide bonds. The zero-order chi connectivity index (χ0) is 24.1. The van der Waals surface area contributed by atoms with Crippen LogP contribution in [0.15, 0.2) is 0 Å².